The van der Waals surface area contributed by atoms with E-state index in [2.05, 4.69) is 0 Å². The highest BCUT2D eigenvalue weighted by Gasteiger charge is 2.72. The summed E-state index contributed by atoms with van der Waals surface area (Å²) in [6.07, 6.45) is -2.51. The minimum atomic E-state index is -1.42. The minimum Gasteiger partial charge on any atom is -0.390 e. The van der Waals surface area contributed by atoms with Crippen LogP contribution in [0.25, 0.3) is 0 Å². The van der Waals surface area contributed by atoms with Crippen molar-refractivity contribution < 1.29 is 29.2 Å². The van der Waals surface area contributed by atoms with E-state index in [0.29, 0.717) is 0 Å². The van der Waals surface area contributed by atoms with Gasteiger partial charge in [-0.15, -0.1) is 0 Å². The molecule has 3 aliphatic rings. The molecule has 2 aliphatic heterocycles. The first-order valence-corrected chi connectivity index (χ1v) is 7.08. The van der Waals surface area contributed by atoms with Gasteiger partial charge in [-0.25, -0.2) is 0 Å². The Kier molecular flexibility index (Phi) is 3.08. The molecule has 0 amide bonds. The highest BCUT2D eigenvalue weighted by molar-refractivity contribution is 5.18. The van der Waals surface area contributed by atoms with Gasteiger partial charge in [0, 0.05) is 12.7 Å². The summed E-state index contributed by atoms with van der Waals surface area (Å²) in [5.74, 6) is -2.34. The third kappa shape index (κ3) is 1.81. The lowest BCUT2D eigenvalue weighted by molar-refractivity contribution is -0.438. The zero-order valence-corrected chi connectivity index (χ0v) is 11.6. The molecule has 0 aromatic heterocycles. The van der Waals surface area contributed by atoms with Crippen LogP contribution in [0, 0.1) is 11.8 Å². The van der Waals surface area contributed by atoms with Crippen molar-refractivity contribution in [2.24, 2.45) is 11.8 Å². The fourth-order valence-electron chi connectivity index (χ4n) is 3.62. The van der Waals surface area contributed by atoms with Crippen molar-refractivity contribution in [3.8, 4) is 0 Å². The van der Waals surface area contributed by atoms with Crippen LogP contribution in [0.5, 0.6) is 0 Å². The van der Waals surface area contributed by atoms with E-state index < -0.39 is 42.4 Å². The second kappa shape index (κ2) is 4.74. The Morgan fingerprint density at radius 2 is 2.05 bits per heavy atom. The van der Waals surface area contributed by atoms with Crippen molar-refractivity contribution in [1.29, 1.82) is 0 Å². The number of aliphatic hydroxyl groups excluding tert-OH is 1. The smallest absolute Gasteiger partial charge is 0.186 e. The number of fused-ring (bicyclic) bond motifs is 3. The van der Waals surface area contributed by atoms with E-state index in [4.69, 9.17) is 18.9 Å². The van der Waals surface area contributed by atoms with Crippen molar-refractivity contribution in [3.63, 3.8) is 0 Å². The Bertz CT molecular complexity index is 522. The quantitative estimate of drug-likeness (QED) is 0.822. The van der Waals surface area contributed by atoms with Gasteiger partial charge >= 0.3 is 0 Å². The third-order valence-electron chi connectivity index (χ3n) is 4.72. The normalized spacial score (nSPS) is 48.3. The van der Waals surface area contributed by atoms with Crippen LogP contribution in [0.3, 0.4) is 0 Å². The number of methoxy groups -OCH3 is 1. The predicted octanol–water partition coefficient (Wildman–Crippen LogP) is 0.399. The van der Waals surface area contributed by atoms with Crippen LogP contribution < -0.4 is 0 Å². The molecule has 0 radical (unpaired) electrons. The van der Waals surface area contributed by atoms with E-state index in [9.17, 15) is 10.2 Å². The second-order valence-corrected chi connectivity index (χ2v) is 5.77. The molecule has 3 fully saturated rings. The van der Waals surface area contributed by atoms with Gasteiger partial charge in [0.2, 0.25) is 0 Å². The molecule has 2 N–H and O–H groups in total. The molecule has 6 heteroatoms. The first kappa shape index (κ1) is 13.6. The summed E-state index contributed by atoms with van der Waals surface area (Å²) < 4.78 is 22.1. The molecule has 7 atom stereocenters. The molecule has 7 unspecified atom stereocenters. The molecule has 1 aromatic carbocycles. The largest absolute Gasteiger partial charge is 0.390 e. The number of hydrogen-bond acceptors (Lipinski definition) is 6. The summed E-state index contributed by atoms with van der Waals surface area (Å²) in [7, 11) is 1.49. The topological polar surface area (TPSA) is 77.4 Å². The van der Waals surface area contributed by atoms with Crippen LogP contribution in [0.2, 0.25) is 0 Å². The van der Waals surface area contributed by atoms with Gasteiger partial charge in [0.25, 0.3) is 0 Å². The highest BCUT2D eigenvalue weighted by atomic mass is 16.8. The number of hydrogen-bond donors (Lipinski definition) is 2. The van der Waals surface area contributed by atoms with Gasteiger partial charge < -0.3 is 29.2 Å². The zero-order valence-electron chi connectivity index (χ0n) is 11.6. The van der Waals surface area contributed by atoms with E-state index in [-0.39, 0.29) is 6.61 Å². The van der Waals surface area contributed by atoms with Gasteiger partial charge in [-0.1, -0.05) is 30.3 Å². The van der Waals surface area contributed by atoms with Crippen LogP contribution in [0.4, 0.5) is 0 Å². The van der Waals surface area contributed by atoms with Crippen molar-refractivity contribution >= 4 is 0 Å². The van der Waals surface area contributed by atoms with Gasteiger partial charge in [-0.05, 0) is 0 Å². The van der Waals surface area contributed by atoms with Crippen molar-refractivity contribution in [2.45, 2.75) is 30.6 Å². The highest BCUT2D eigenvalue weighted by Crippen LogP contribution is 2.56. The van der Waals surface area contributed by atoms with E-state index in [1.807, 2.05) is 30.3 Å². The molecule has 2 saturated heterocycles. The van der Waals surface area contributed by atoms with E-state index >= 15 is 0 Å². The van der Waals surface area contributed by atoms with E-state index in [1.54, 1.807) is 0 Å². The maximum atomic E-state index is 10.6. The maximum absolute atomic E-state index is 10.6. The summed E-state index contributed by atoms with van der Waals surface area (Å²) in [5, 5.41) is 21.0. The zero-order chi connectivity index (χ0) is 14.6. The monoisotopic (exact) mass is 294 g/mol. The van der Waals surface area contributed by atoms with Crippen LogP contribution in [0.15, 0.2) is 30.3 Å². The predicted molar refractivity (Wildman–Crippen MR) is 69.8 cm³/mol. The van der Waals surface area contributed by atoms with Crippen molar-refractivity contribution in [3.05, 3.63) is 35.9 Å². The SMILES string of the molecule is COC1OC2(O)C3COC(c4ccccc4)OC3C(O)C12. The lowest BCUT2D eigenvalue weighted by Gasteiger charge is -2.49. The number of rotatable bonds is 2. The Hall–Kier alpha value is -1.02. The summed E-state index contributed by atoms with van der Waals surface area (Å²) in [5.41, 5.74) is 0.888. The summed E-state index contributed by atoms with van der Waals surface area (Å²) >= 11 is 0. The Balaban J connectivity index is 1.57. The van der Waals surface area contributed by atoms with Crippen molar-refractivity contribution in [2.75, 3.05) is 13.7 Å². The summed E-state index contributed by atoms with van der Waals surface area (Å²) in [6.45, 7) is 0.269. The Morgan fingerprint density at radius 1 is 1.29 bits per heavy atom. The molecule has 0 spiro atoms. The molecule has 4 rings (SSSR count). The van der Waals surface area contributed by atoms with Gasteiger partial charge in [0.15, 0.2) is 18.4 Å². The lowest BCUT2D eigenvalue weighted by atomic mass is 9.89. The van der Waals surface area contributed by atoms with Gasteiger partial charge in [0.05, 0.1) is 30.7 Å². The molecule has 1 saturated carbocycles. The van der Waals surface area contributed by atoms with E-state index in [1.165, 1.54) is 7.11 Å². The van der Waals surface area contributed by atoms with Crippen LogP contribution >= 0.6 is 0 Å². The number of ether oxygens (including phenoxy) is 4. The molecule has 0 bridgehead atoms. The molecule has 2 heterocycles. The fourth-order valence-corrected chi connectivity index (χ4v) is 3.62. The van der Waals surface area contributed by atoms with Crippen molar-refractivity contribution in [1.82, 2.24) is 0 Å². The average Bonchev–Trinajstić information content (AvgIpc) is 2.67. The summed E-state index contributed by atoms with van der Waals surface area (Å²) in [4.78, 5) is 0. The molecule has 114 valence electrons. The van der Waals surface area contributed by atoms with Crippen LogP contribution in [0.1, 0.15) is 11.9 Å². The standard InChI is InChI=1S/C15H18O6/c1-18-14-10-11(16)12-9(15(10,17)21-14)7-19-13(20-12)8-5-3-2-4-6-8/h2-6,9-14,16-17H,7H2,1H3. The number of benzene rings is 1. The fraction of sp³-hybridized carbons (Fsp3) is 0.600. The Labute approximate surface area is 122 Å². The van der Waals surface area contributed by atoms with Gasteiger partial charge in [0.1, 0.15) is 0 Å². The molecule has 1 aliphatic carbocycles. The van der Waals surface area contributed by atoms with E-state index in [0.717, 1.165) is 5.56 Å². The summed E-state index contributed by atoms with van der Waals surface area (Å²) in [6, 6.07) is 9.54. The lowest BCUT2D eigenvalue weighted by Crippen LogP contribution is -2.63. The third-order valence-corrected chi connectivity index (χ3v) is 4.72. The first-order valence-electron chi connectivity index (χ1n) is 7.08. The molecule has 6 nitrogen and oxygen atoms in total. The first-order chi connectivity index (χ1) is 10.1. The number of aliphatic hydroxyl groups is 2. The molecule has 21 heavy (non-hydrogen) atoms. The van der Waals surface area contributed by atoms with Crippen LogP contribution in [-0.4, -0.2) is 48.2 Å². The van der Waals surface area contributed by atoms with Gasteiger partial charge in [-0.2, -0.15) is 0 Å². The molecular formula is C15H18O6. The second-order valence-electron chi connectivity index (χ2n) is 5.77. The van der Waals surface area contributed by atoms with Gasteiger partial charge in [-0.3, -0.25) is 0 Å². The average molecular weight is 294 g/mol. The maximum Gasteiger partial charge on any atom is 0.186 e. The molecular weight excluding hydrogens is 276 g/mol. The Morgan fingerprint density at radius 3 is 2.76 bits per heavy atom. The molecule has 1 aromatic rings. The van der Waals surface area contributed by atoms with Crippen LogP contribution in [-0.2, 0) is 18.9 Å². The minimum absolute atomic E-state index is 0.269.